The summed E-state index contributed by atoms with van der Waals surface area (Å²) in [6, 6.07) is 0. The van der Waals surface area contributed by atoms with Gasteiger partial charge in [-0.05, 0) is 24.8 Å². The van der Waals surface area contributed by atoms with Crippen LogP contribution in [0.1, 0.15) is 33.6 Å². The van der Waals surface area contributed by atoms with Crippen molar-refractivity contribution < 1.29 is 14.7 Å². The van der Waals surface area contributed by atoms with Crippen LogP contribution >= 0.6 is 0 Å². The van der Waals surface area contributed by atoms with Gasteiger partial charge in [-0.15, -0.1) is 0 Å². The van der Waals surface area contributed by atoms with Crippen molar-refractivity contribution in [1.29, 1.82) is 0 Å². The third-order valence-corrected chi connectivity index (χ3v) is 2.27. The van der Waals surface area contributed by atoms with Crippen LogP contribution in [0.25, 0.3) is 0 Å². The van der Waals surface area contributed by atoms with E-state index in [-0.39, 0.29) is 12.4 Å². The largest absolute Gasteiger partial charge is 0.483 e. The summed E-state index contributed by atoms with van der Waals surface area (Å²) >= 11 is 0. The highest BCUT2D eigenvalue weighted by Gasteiger charge is 2.17. The van der Waals surface area contributed by atoms with Gasteiger partial charge in [0.05, 0.1) is 0 Å². The van der Waals surface area contributed by atoms with Crippen molar-refractivity contribution in [2.75, 3.05) is 13.1 Å². The summed E-state index contributed by atoms with van der Waals surface area (Å²) in [5, 5.41) is 6.89. The molecule has 0 saturated carbocycles. The van der Waals surface area contributed by atoms with Gasteiger partial charge in [0.2, 0.25) is 5.91 Å². The summed E-state index contributed by atoms with van der Waals surface area (Å²) in [6.07, 6.45) is 3.68. The van der Waals surface area contributed by atoms with E-state index in [9.17, 15) is 4.79 Å². The van der Waals surface area contributed by atoms with Gasteiger partial charge in [0, 0.05) is 13.1 Å². The first-order valence-electron chi connectivity index (χ1n) is 5.64. The van der Waals surface area contributed by atoms with Crippen molar-refractivity contribution in [2.45, 2.75) is 33.6 Å². The lowest BCUT2D eigenvalue weighted by Gasteiger charge is -2.29. The number of carboxylic acid groups (broad SMARTS) is 1. The number of likely N-dealkylation sites (tertiary alicyclic amines) is 1. The first-order chi connectivity index (χ1) is 7.65. The third-order valence-electron chi connectivity index (χ3n) is 2.27. The highest BCUT2D eigenvalue weighted by Crippen LogP contribution is 2.15. The van der Waals surface area contributed by atoms with Gasteiger partial charge in [-0.2, -0.15) is 0 Å². The molecule has 0 aromatic heterocycles. The maximum atomic E-state index is 11.1. The van der Waals surface area contributed by atoms with Gasteiger partial charge in [0.1, 0.15) is 0 Å². The second-order valence-electron chi connectivity index (χ2n) is 3.32. The normalized spacial score (nSPS) is 14.8. The van der Waals surface area contributed by atoms with Crippen LogP contribution in [0.2, 0.25) is 0 Å². The molecule has 1 heterocycles. The highest BCUT2D eigenvalue weighted by atomic mass is 16.3. The van der Waals surface area contributed by atoms with E-state index in [1.54, 1.807) is 0 Å². The van der Waals surface area contributed by atoms with Gasteiger partial charge >= 0.3 is 0 Å². The number of amides is 1. The smallest absolute Gasteiger partial charge is 0.290 e. The van der Waals surface area contributed by atoms with Crippen LogP contribution in [0.15, 0.2) is 12.7 Å². The van der Waals surface area contributed by atoms with Gasteiger partial charge in [0.15, 0.2) is 0 Å². The van der Waals surface area contributed by atoms with Crippen LogP contribution in [-0.4, -0.2) is 35.5 Å². The quantitative estimate of drug-likeness (QED) is 0.553. The Morgan fingerprint density at radius 1 is 1.38 bits per heavy atom. The molecule has 1 N–H and O–H groups in total. The van der Waals surface area contributed by atoms with Crippen LogP contribution in [0.3, 0.4) is 0 Å². The summed E-state index contributed by atoms with van der Waals surface area (Å²) in [5.74, 6) is 0.862. The molecule has 0 radical (unpaired) electrons. The summed E-state index contributed by atoms with van der Waals surface area (Å²) in [6.45, 7) is 11.3. The molecule has 1 saturated heterocycles. The minimum atomic E-state index is -0.250. The maximum Gasteiger partial charge on any atom is 0.290 e. The summed E-state index contributed by atoms with van der Waals surface area (Å²) in [7, 11) is 0. The fourth-order valence-electron chi connectivity index (χ4n) is 1.36. The Morgan fingerprint density at radius 2 is 1.75 bits per heavy atom. The monoisotopic (exact) mass is 229 g/mol. The molecule has 0 atom stereocenters. The number of hydrogen-bond acceptors (Lipinski definition) is 2. The molecule has 16 heavy (non-hydrogen) atoms. The van der Waals surface area contributed by atoms with Gasteiger partial charge in [-0.25, -0.2) is 0 Å². The van der Waals surface area contributed by atoms with Gasteiger partial charge in [-0.1, -0.05) is 27.4 Å². The first kappa shape index (κ1) is 17.1. The predicted octanol–water partition coefficient (Wildman–Crippen LogP) is 2.16. The van der Waals surface area contributed by atoms with E-state index in [2.05, 4.69) is 13.5 Å². The molecule has 0 bridgehead atoms. The van der Waals surface area contributed by atoms with Crippen molar-refractivity contribution >= 4 is 12.4 Å². The molecule has 1 aliphatic heterocycles. The Labute approximate surface area is 97.9 Å². The van der Waals surface area contributed by atoms with E-state index in [0.717, 1.165) is 31.8 Å². The van der Waals surface area contributed by atoms with Crippen LogP contribution in [0, 0.1) is 5.92 Å². The number of carbonyl (C=O) groups excluding carboxylic acids is 1. The van der Waals surface area contributed by atoms with Crippen LogP contribution < -0.4 is 0 Å². The zero-order valence-electron chi connectivity index (χ0n) is 10.5. The summed E-state index contributed by atoms with van der Waals surface area (Å²) in [4.78, 5) is 21.3. The van der Waals surface area contributed by atoms with Crippen molar-refractivity contribution in [3.63, 3.8) is 0 Å². The molecule has 1 fully saturated rings. The zero-order chi connectivity index (χ0) is 13.0. The Hall–Kier alpha value is -1.32. The van der Waals surface area contributed by atoms with E-state index in [0.29, 0.717) is 0 Å². The van der Waals surface area contributed by atoms with Gasteiger partial charge in [-0.3, -0.25) is 9.59 Å². The topological polar surface area (TPSA) is 57.6 Å². The van der Waals surface area contributed by atoms with E-state index in [4.69, 9.17) is 9.90 Å². The van der Waals surface area contributed by atoms with E-state index in [1.807, 2.05) is 18.7 Å². The number of rotatable bonds is 1. The molecule has 4 nitrogen and oxygen atoms in total. The van der Waals surface area contributed by atoms with Crippen molar-refractivity contribution in [1.82, 2.24) is 4.90 Å². The lowest BCUT2D eigenvalue weighted by atomic mass is 9.99. The molecule has 0 unspecified atom stereocenters. The second kappa shape index (κ2) is 11.8. The molecule has 1 aliphatic rings. The fourth-order valence-corrected chi connectivity index (χ4v) is 1.36. The third kappa shape index (κ3) is 8.03. The molecule has 94 valence electrons. The molecule has 1 rings (SSSR count). The average molecular weight is 229 g/mol. The molecule has 1 amide bonds. The Kier molecular flexibility index (Phi) is 12.6. The molecule has 0 aliphatic carbocycles. The zero-order valence-corrected chi connectivity index (χ0v) is 10.5. The molecular formula is C12H23NO3. The molecular weight excluding hydrogens is 206 g/mol. The van der Waals surface area contributed by atoms with Crippen LogP contribution in [0.4, 0.5) is 0 Å². The SMILES string of the molecule is C=CC(=O)N1CCC(C)CC1.CC.O=CO. The lowest BCUT2D eigenvalue weighted by molar-refractivity contribution is -0.127. The van der Waals surface area contributed by atoms with E-state index in [1.165, 1.54) is 6.08 Å². The molecule has 0 aromatic rings. The fraction of sp³-hybridized carbons (Fsp3) is 0.667. The minimum Gasteiger partial charge on any atom is -0.483 e. The minimum absolute atomic E-state index is 0.0805. The van der Waals surface area contributed by atoms with Gasteiger partial charge < -0.3 is 10.0 Å². The summed E-state index contributed by atoms with van der Waals surface area (Å²) in [5.41, 5.74) is 0. The first-order valence-corrected chi connectivity index (χ1v) is 5.64. The second-order valence-corrected chi connectivity index (χ2v) is 3.32. The number of nitrogens with zero attached hydrogens (tertiary/aromatic N) is 1. The van der Waals surface area contributed by atoms with Crippen LogP contribution in [0.5, 0.6) is 0 Å². The van der Waals surface area contributed by atoms with Gasteiger partial charge in [0.25, 0.3) is 6.47 Å². The number of piperidine rings is 1. The Balaban J connectivity index is 0. The summed E-state index contributed by atoms with van der Waals surface area (Å²) < 4.78 is 0. The average Bonchev–Trinajstić information content (AvgIpc) is 2.33. The molecule has 0 spiro atoms. The Bertz CT molecular complexity index is 196. The molecule has 4 heteroatoms. The number of hydrogen-bond donors (Lipinski definition) is 1. The van der Waals surface area contributed by atoms with Crippen LogP contribution in [-0.2, 0) is 9.59 Å². The lowest BCUT2D eigenvalue weighted by Crippen LogP contribution is -2.36. The number of carbonyl (C=O) groups is 2. The van der Waals surface area contributed by atoms with Crippen molar-refractivity contribution in [3.05, 3.63) is 12.7 Å². The highest BCUT2D eigenvalue weighted by molar-refractivity contribution is 5.87. The maximum absolute atomic E-state index is 11.1. The standard InChI is InChI=1S/C9H15NO.C2H6.CH2O2/c1-3-9(11)10-6-4-8(2)5-7-10;1-2;2-1-3/h3,8H,1,4-7H2,2H3;1-2H3;1H,(H,2,3). The van der Waals surface area contributed by atoms with E-state index < -0.39 is 0 Å². The Morgan fingerprint density at radius 3 is 2.06 bits per heavy atom. The van der Waals surface area contributed by atoms with Crippen molar-refractivity contribution in [2.24, 2.45) is 5.92 Å². The molecule has 0 aromatic carbocycles. The van der Waals surface area contributed by atoms with Crippen molar-refractivity contribution in [3.8, 4) is 0 Å². The predicted molar refractivity (Wildman–Crippen MR) is 65.2 cm³/mol. The van der Waals surface area contributed by atoms with E-state index >= 15 is 0 Å².